The monoisotopic (exact) mass is 556 g/mol. The Hall–Kier alpha value is -5.07. The molecule has 0 bridgehead atoms. The summed E-state index contributed by atoms with van der Waals surface area (Å²) < 4.78 is 7.31. The fourth-order valence-electron chi connectivity index (χ4n) is 5.12. The van der Waals surface area contributed by atoms with Crippen LogP contribution in [0.25, 0.3) is 22.6 Å². The average molecular weight is 557 g/mol. The average Bonchev–Trinajstić information content (AvgIpc) is 3.75. The van der Waals surface area contributed by atoms with Crippen molar-refractivity contribution in [1.29, 1.82) is 0 Å². The molecule has 0 unspecified atom stereocenters. The first-order valence-electron chi connectivity index (χ1n) is 14.1. The summed E-state index contributed by atoms with van der Waals surface area (Å²) in [5.41, 5.74) is 5.65. The molecule has 1 aliphatic rings. The number of pyridine rings is 1. The first-order valence-corrected chi connectivity index (χ1v) is 14.1. The number of nitrogens with one attached hydrogen (secondary N) is 1. The van der Waals surface area contributed by atoms with Crippen LogP contribution in [0.2, 0.25) is 0 Å². The lowest BCUT2D eigenvalue weighted by Crippen LogP contribution is -2.19. The molecular formula is C33H32N8O. The Morgan fingerprint density at radius 3 is 2.52 bits per heavy atom. The fourth-order valence-corrected chi connectivity index (χ4v) is 5.12. The summed E-state index contributed by atoms with van der Waals surface area (Å²) in [6.07, 6.45) is 9.99. The molecule has 9 nitrogen and oxygen atoms in total. The molecule has 9 heteroatoms. The van der Waals surface area contributed by atoms with Crippen molar-refractivity contribution in [3.63, 3.8) is 0 Å². The van der Waals surface area contributed by atoms with E-state index in [9.17, 15) is 0 Å². The molecule has 3 aromatic heterocycles. The Kier molecular flexibility index (Phi) is 8.15. The van der Waals surface area contributed by atoms with Crippen LogP contribution < -0.4 is 10.2 Å². The van der Waals surface area contributed by atoms with Crippen molar-refractivity contribution < 1.29 is 4.74 Å². The van der Waals surface area contributed by atoms with Gasteiger partial charge in [-0.05, 0) is 48.7 Å². The summed E-state index contributed by atoms with van der Waals surface area (Å²) in [5, 5.41) is 12.3. The van der Waals surface area contributed by atoms with E-state index in [2.05, 4.69) is 50.7 Å². The summed E-state index contributed by atoms with van der Waals surface area (Å²) in [7, 11) is 1.68. The zero-order valence-corrected chi connectivity index (χ0v) is 23.5. The number of rotatable bonds is 10. The van der Waals surface area contributed by atoms with Gasteiger partial charge in [0.1, 0.15) is 11.5 Å². The molecule has 0 spiro atoms. The lowest BCUT2D eigenvalue weighted by atomic mass is 10.1. The third-order valence-corrected chi connectivity index (χ3v) is 7.24. The lowest BCUT2D eigenvalue weighted by Gasteiger charge is -2.19. The van der Waals surface area contributed by atoms with Crippen molar-refractivity contribution in [2.75, 3.05) is 37.0 Å². The number of hydrogen-bond acceptors (Lipinski definition) is 8. The fraction of sp³-hybridized carbons (Fsp3) is 0.242. The van der Waals surface area contributed by atoms with Gasteiger partial charge in [0.15, 0.2) is 0 Å². The standard InChI is InChI=1S/C33H32N8O/c1-3-24-11-9-14-26(19-24)28-20-29(36-33(35-28)37-31(23-42-2)25-12-5-4-6-13-25)30-22-41(39-38-30)21-27-15-10-16-32(34-27)40-17-7-8-18-40/h1,4-6,9-16,19-20,22,31H,7-8,17-18,21,23H2,2H3,(H,35,36,37)/t31-/m1/s1. The highest BCUT2D eigenvalue weighted by molar-refractivity contribution is 5.68. The van der Waals surface area contributed by atoms with Gasteiger partial charge in [-0.25, -0.2) is 19.6 Å². The number of nitrogens with zero attached hydrogens (tertiary/aromatic N) is 7. The highest BCUT2D eigenvalue weighted by Crippen LogP contribution is 2.27. The maximum absolute atomic E-state index is 5.68. The molecule has 2 aromatic carbocycles. The van der Waals surface area contributed by atoms with Crippen LogP contribution in [0.3, 0.4) is 0 Å². The van der Waals surface area contributed by atoms with Crippen molar-refractivity contribution in [2.45, 2.75) is 25.4 Å². The summed E-state index contributed by atoms with van der Waals surface area (Å²) in [4.78, 5) is 16.9. The van der Waals surface area contributed by atoms with E-state index in [1.165, 1.54) is 12.8 Å². The van der Waals surface area contributed by atoms with Gasteiger partial charge in [0.25, 0.3) is 0 Å². The topological polar surface area (TPSA) is 93.9 Å². The van der Waals surface area contributed by atoms with E-state index >= 15 is 0 Å². The molecule has 0 radical (unpaired) electrons. The van der Waals surface area contributed by atoms with E-state index < -0.39 is 0 Å². The minimum atomic E-state index is -0.152. The Morgan fingerprint density at radius 1 is 0.905 bits per heavy atom. The maximum Gasteiger partial charge on any atom is 0.224 e. The predicted molar refractivity (Wildman–Crippen MR) is 164 cm³/mol. The van der Waals surface area contributed by atoms with Crippen LogP contribution >= 0.6 is 0 Å². The third-order valence-electron chi connectivity index (χ3n) is 7.24. The number of ether oxygens (including phenoxy) is 1. The number of anilines is 2. The second-order valence-corrected chi connectivity index (χ2v) is 10.2. The predicted octanol–water partition coefficient (Wildman–Crippen LogP) is 5.23. The smallest absolute Gasteiger partial charge is 0.224 e. The largest absolute Gasteiger partial charge is 0.382 e. The molecule has 1 aliphatic heterocycles. The van der Waals surface area contributed by atoms with Gasteiger partial charge < -0.3 is 15.0 Å². The van der Waals surface area contributed by atoms with Crippen molar-refractivity contribution in [3.05, 3.63) is 102 Å². The van der Waals surface area contributed by atoms with Crippen LogP contribution in [0, 0.1) is 12.3 Å². The molecule has 1 saturated heterocycles. The molecule has 1 atom stereocenters. The summed E-state index contributed by atoms with van der Waals surface area (Å²) in [6.45, 7) is 3.05. The van der Waals surface area contributed by atoms with Crippen LogP contribution in [0.1, 0.15) is 35.7 Å². The quantitative estimate of drug-likeness (QED) is 0.234. The summed E-state index contributed by atoms with van der Waals surface area (Å²) >= 11 is 0. The van der Waals surface area contributed by atoms with Crippen molar-refractivity contribution >= 4 is 11.8 Å². The van der Waals surface area contributed by atoms with Crippen molar-refractivity contribution in [1.82, 2.24) is 29.9 Å². The number of terminal acetylenes is 1. The molecule has 6 rings (SSSR count). The molecule has 5 aromatic rings. The highest BCUT2D eigenvalue weighted by Gasteiger charge is 2.18. The summed E-state index contributed by atoms with van der Waals surface area (Å²) in [5.74, 6) is 4.17. The van der Waals surface area contributed by atoms with Gasteiger partial charge in [-0.3, -0.25) is 0 Å². The Balaban J connectivity index is 1.32. The van der Waals surface area contributed by atoms with Crippen molar-refractivity contribution in [3.8, 4) is 35.0 Å². The first kappa shape index (κ1) is 27.1. The number of methoxy groups -OCH3 is 1. The lowest BCUT2D eigenvalue weighted by molar-refractivity contribution is 0.186. The highest BCUT2D eigenvalue weighted by atomic mass is 16.5. The Labute approximate surface area is 245 Å². The van der Waals surface area contributed by atoms with Gasteiger partial charge in [0.05, 0.1) is 42.5 Å². The molecule has 0 saturated carbocycles. The van der Waals surface area contributed by atoms with E-state index in [4.69, 9.17) is 26.1 Å². The van der Waals surface area contributed by atoms with Crippen LogP contribution in [0.5, 0.6) is 0 Å². The Morgan fingerprint density at radius 2 is 1.71 bits per heavy atom. The number of benzene rings is 2. The van der Waals surface area contributed by atoms with Crippen LogP contribution in [-0.2, 0) is 11.3 Å². The normalized spacial score (nSPS) is 13.6. The number of aromatic nitrogens is 6. The minimum Gasteiger partial charge on any atom is -0.382 e. The Bertz CT molecular complexity index is 1690. The molecule has 0 aliphatic carbocycles. The van der Waals surface area contributed by atoms with Crippen LogP contribution in [0.15, 0.2) is 85.1 Å². The zero-order valence-electron chi connectivity index (χ0n) is 23.5. The van der Waals surface area contributed by atoms with E-state index in [1.807, 2.05) is 60.8 Å². The van der Waals surface area contributed by atoms with Gasteiger partial charge in [-0.2, -0.15) is 0 Å². The van der Waals surface area contributed by atoms with E-state index in [-0.39, 0.29) is 6.04 Å². The zero-order chi connectivity index (χ0) is 28.7. The van der Waals surface area contributed by atoms with Gasteiger partial charge in [-0.1, -0.05) is 59.7 Å². The summed E-state index contributed by atoms with van der Waals surface area (Å²) in [6, 6.07) is 25.7. The molecule has 4 heterocycles. The SMILES string of the molecule is C#Cc1cccc(-c2cc(-c3cn(Cc4cccc(N5CCCC5)n4)nn3)nc(N[C@H](COC)c3ccccc3)n2)c1. The maximum atomic E-state index is 5.68. The van der Waals surface area contributed by atoms with Gasteiger partial charge in [0, 0.05) is 31.3 Å². The van der Waals surface area contributed by atoms with E-state index in [1.54, 1.807) is 11.8 Å². The molecule has 1 N–H and O–H groups in total. The van der Waals surface area contributed by atoms with Crippen LogP contribution in [0.4, 0.5) is 11.8 Å². The van der Waals surface area contributed by atoms with E-state index in [0.29, 0.717) is 30.5 Å². The van der Waals surface area contributed by atoms with Gasteiger partial charge in [-0.15, -0.1) is 11.5 Å². The molecular weight excluding hydrogens is 524 g/mol. The third kappa shape index (κ3) is 6.29. The first-order chi connectivity index (χ1) is 20.7. The van der Waals surface area contributed by atoms with Crippen molar-refractivity contribution in [2.24, 2.45) is 0 Å². The number of hydrogen-bond donors (Lipinski definition) is 1. The van der Waals surface area contributed by atoms with Gasteiger partial charge in [0.2, 0.25) is 5.95 Å². The molecule has 42 heavy (non-hydrogen) atoms. The van der Waals surface area contributed by atoms with Gasteiger partial charge >= 0.3 is 0 Å². The van der Waals surface area contributed by atoms with E-state index in [0.717, 1.165) is 47.0 Å². The minimum absolute atomic E-state index is 0.152. The molecule has 1 fully saturated rings. The molecule has 210 valence electrons. The second-order valence-electron chi connectivity index (χ2n) is 10.2. The second kappa shape index (κ2) is 12.6. The van der Waals surface area contributed by atoms with Crippen LogP contribution in [-0.4, -0.2) is 56.8 Å². The molecule has 0 amide bonds.